The van der Waals surface area contributed by atoms with Crippen LogP contribution in [0.3, 0.4) is 0 Å². The largest absolute Gasteiger partial charge is 0.495 e. The van der Waals surface area contributed by atoms with Crippen LogP contribution < -0.4 is 29.6 Å². The Labute approximate surface area is 242 Å². The number of nitrogens with one attached hydrogen (secondary N) is 2. The number of ether oxygens (including phenoxy) is 4. The van der Waals surface area contributed by atoms with Gasteiger partial charge in [0.2, 0.25) is 11.7 Å². The van der Waals surface area contributed by atoms with E-state index in [0.717, 1.165) is 11.3 Å². The van der Waals surface area contributed by atoms with Crippen LogP contribution in [0.2, 0.25) is 0 Å². The van der Waals surface area contributed by atoms with Crippen molar-refractivity contribution in [1.29, 1.82) is 0 Å². The molecule has 214 valence electrons. The van der Waals surface area contributed by atoms with Gasteiger partial charge in [0.05, 0.1) is 46.4 Å². The van der Waals surface area contributed by atoms with Gasteiger partial charge in [-0.25, -0.2) is 0 Å². The fourth-order valence-electron chi connectivity index (χ4n) is 4.09. The first-order chi connectivity index (χ1) is 19.9. The van der Waals surface area contributed by atoms with E-state index in [1.807, 2.05) is 55.5 Å². The molecule has 0 aliphatic carbocycles. The van der Waals surface area contributed by atoms with Crippen molar-refractivity contribution in [3.8, 4) is 28.7 Å². The molecule has 2 amide bonds. The molecular formula is C29H31N5O6S. The molecule has 0 bridgehead atoms. The second-order valence-corrected chi connectivity index (χ2v) is 9.65. The second kappa shape index (κ2) is 13.6. The van der Waals surface area contributed by atoms with Crippen LogP contribution >= 0.6 is 11.8 Å². The summed E-state index contributed by atoms with van der Waals surface area (Å²) < 4.78 is 23.4. The molecule has 0 saturated carbocycles. The maximum Gasteiger partial charge on any atom is 0.251 e. The fraction of sp³-hybridized carbons (Fsp3) is 0.241. The maximum absolute atomic E-state index is 13.1. The van der Waals surface area contributed by atoms with Crippen LogP contribution in [0.5, 0.6) is 23.0 Å². The number of aryl methyl sites for hydroxylation is 1. The van der Waals surface area contributed by atoms with Crippen molar-refractivity contribution in [2.75, 3.05) is 39.5 Å². The lowest BCUT2D eigenvalue weighted by Gasteiger charge is -2.15. The van der Waals surface area contributed by atoms with E-state index in [9.17, 15) is 9.59 Å². The van der Waals surface area contributed by atoms with Crippen LogP contribution in [-0.4, -0.2) is 60.8 Å². The molecule has 0 fully saturated rings. The quantitative estimate of drug-likeness (QED) is 0.237. The van der Waals surface area contributed by atoms with Gasteiger partial charge in [-0.3, -0.25) is 14.2 Å². The van der Waals surface area contributed by atoms with Crippen molar-refractivity contribution in [1.82, 2.24) is 20.1 Å². The molecule has 0 aliphatic heterocycles. The Morgan fingerprint density at radius 3 is 2.22 bits per heavy atom. The number of carbonyl (C=O) groups excluding carboxylic acids is 2. The van der Waals surface area contributed by atoms with Crippen LogP contribution in [0.25, 0.3) is 5.69 Å². The molecule has 1 heterocycles. The number of anilines is 1. The predicted molar refractivity (Wildman–Crippen MR) is 156 cm³/mol. The van der Waals surface area contributed by atoms with Gasteiger partial charge in [0, 0.05) is 11.3 Å². The van der Waals surface area contributed by atoms with Gasteiger partial charge in [-0.05, 0) is 48.9 Å². The maximum atomic E-state index is 13.1. The number of aromatic nitrogens is 3. The van der Waals surface area contributed by atoms with Crippen LogP contribution in [0.4, 0.5) is 5.69 Å². The van der Waals surface area contributed by atoms with Crippen molar-refractivity contribution in [3.63, 3.8) is 0 Å². The average Bonchev–Trinajstić information content (AvgIpc) is 3.40. The molecule has 4 rings (SSSR count). The monoisotopic (exact) mass is 577 g/mol. The van der Waals surface area contributed by atoms with Crippen LogP contribution in [0.15, 0.2) is 65.8 Å². The van der Waals surface area contributed by atoms with E-state index in [1.54, 1.807) is 23.8 Å². The summed E-state index contributed by atoms with van der Waals surface area (Å²) in [4.78, 5) is 25.8. The van der Waals surface area contributed by atoms with Crippen LogP contribution in [0, 0.1) is 6.92 Å². The number of benzene rings is 3. The summed E-state index contributed by atoms with van der Waals surface area (Å²) in [6, 6.07) is 18.1. The highest BCUT2D eigenvalue weighted by atomic mass is 32.2. The molecule has 12 heteroatoms. The van der Waals surface area contributed by atoms with E-state index in [4.69, 9.17) is 18.9 Å². The van der Waals surface area contributed by atoms with Gasteiger partial charge < -0.3 is 29.6 Å². The summed E-state index contributed by atoms with van der Waals surface area (Å²) >= 11 is 1.22. The van der Waals surface area contributed by atoms with Crippen LogP contribution in [-0.2, 0) is 11.3 Å². The Hall–Kier alpha value is -4.71. The van der Waals surface area contributed by atoms with E-state index in [2.05, 4.69) is 20.8 Å². The molecular weight excluding hydrogens is 546 g/mol. The van der Waals surface area contributed by atoms with E-state index < -0.39 is 0 Å². The number of hydrogen-bond acceptors (Lipinski definition) is 9. The normalized spacial score (nSPS) is 10.6. The van der Waals surface area contributed by atoms with Gasteiger partial charge in [-0.15, -0.1) is 10.2 Å². The second-order valence-electron chi connectivity index (χ2n) is 8.71. The molecule has 0 spiro atoms. The van der Waals surface area contributed by atoms with Crippen molar-refractivity contribution in [2.45, 2.75) is 18.6 Å². The lowest BCUT2D eigenvalue weighted by atomic mass is 10.1. The molecule has 11 nitrogen and oxygen atoms in total. The SMILES string of the molecule is COc1ccccc1-n1c(CNC(=O)c2cc(OC)c(OC)c(OC)c2)nnc1SCC(=O)Nc1cccc(C)c1. The summed E-state index contributed by atoms with van der Waals surface area (Å²) in [5.74, 6) is 1.65. The summed E-state index contributed by atoms with van der Waals surface area (Å²) in [5, 5.41) is 14.9. The molecule has 0 unspecified atom stereocenters. The zero-order chi connectivity index (χ0) is 29.4. The van der Waals surface area contributed by atoms with E-state index in [0.29, 0.717) is 45.2 Å². The number of methoxy groups -OCH3 is 4. The zero-order valence-corrected chi connectivity index (χ0v) is 24.2. The minimum absolute atomic E-state index is 0.0383. The third-order valence-corrected chi connectivity index (χ3v) is 6.92. The number of para-hydroxylation sites is 2. The van der Waals surface area contributed by atoms with E-state index >= 15 is 0 Å². The summed E-state index contributed by atoms with van der Waals surface area (Å²) in [7, 11) is 6.02. The molecule has 1 aromatic heterocycles. The molecule has 4 aromatic rings. The highest BCUT2D eigenvalue weighted by molar-refractivity contribution is 7.99. The highest BCUT2D eigenvalue weighted by Crippen LogP contribution is 2.38. The van der Waals surface area contributed by atoms with E-state index in [-0.39, 0.29) is 24.1 Å². The fourth-order valence-corrected chi connectivity index (χ4v) is 4.85. The highest BCUT2D eigenvalue weighted by Gasteiger charge is 2.21. The van der Waals surface area contributed by atoms with Gasteiger partial charge in [0.15, 0.2) is 22.5 Å². The Morgan fingerprint density at radius 1 is 0.854 bits per heavy atom. The summed E-state index contributed by atoms with van der Waals surface area (Å²) in [5.41, 5.74) is 2.74. The number of nitrogens with zero attached hydrogens (tertiary/aromatic N) is 3. The predicted octanol–water partition coefficient (Wildman–Crippen LogP) is 4.27. The number of thioether (sulfide) groups is 1. The Bertz CT molecular complexity index is 1510. The van der Waals surface area contributed by atoms with Gasteiger partial charge in [-0.2, -0.15) is 0 Å². The topological polar surface area (TPSA) is 126 Å². The first-order valence-electron chi connectivity index (χ1n) is 12.5. The van der Waals surface area contributed by atoms with Crippen molar-refractivity contribution >= 4 is 29.3 Å². The number of hydrogen-bond donors (Lipinski definition) is 2. The van der Waals surface area contributed by atoms with Crippen molar-refractivity contribution < 1.29 is 28.5 Å². The van der Waals surface area contributed by atoms with Crippen molar-refractivity contribution in [3.05, 3.63) is 77.6 Å². The molecule has 0 atom stereocenters. The first kappa shape index (κ1) is 29.3. The zero-order valence-electron chi connectivity index (χ0n) is 23.4. The van der Waals surface area contributed by atoms with Gasteiger partial charge in [-0.1, -0.05) is 36.0 Å². The molecule has 41 heavy (non-hydrogen) atoms. The minimum atomic E-state index is -0.384. The van der Waals surface area contributed by atoms with Crippen molar-refractivity contribution in [2.24, 2.45) is 0 Å². The third-order valence-electron chi connectivity index (χ3n) is 5.99. The third kappa shape index (κ3) is 6.90. The molecule has 0 radical (unpaired) electrons. The molecule has 0 saturated heterocycles. The van der Waals surface area contributed by atoms with E-state index in [1.165, 1.54) is 33.1 Å². The van der Waals surface area contributed by atoms with Gasteiger partial charge >= 0.3 is 0 Å². The molecule has 2 N–H and O–H groups in total. The molecule has 0 aliphatic rings. The Kier molecular flexibility index (Phi) is 9.69. The Morgan fingerprint density at radius 2 is 1.56 bits per heavy atom. The standard InChI is InChI=1S/C29H31N5O6S/c1-18-9-8-10-20(13-18)31-26(35)17-41-29-33-32-25(34(29)21-11-6-7-12-22(21)37-2)16-30-28(36)19-14-23(38-3)27(40-5)24(15-19)39-4/h6-15H,16-17H2,1-5H3,(H,30,36)(H,31,35). The molecule has 3 aromatic carbocycles. The number of amides is 2. The lowest BCUT2D eigenvalue weighted by Crippen LogP contribution is -2.25. The minimum Gasteiger partial charge on any atom is -0.495 e. The lowest BCUT2D eigenvalue weighted by molar-refractivity contribution is -0.113. The summed E-state index contributed by atoms with van der Waals surface area (Å²) in [6.07, 6.45) is 0. The smallest absolute Gasteiger partial charge is 0.251 e. The number of rotatable bonds is 12. The first-order valence-corrected chi connectivity index (χ1v) is 13.5. The van der Waals surface area contributed by atoms with Gasteiger partial charge in [0.25, 0.3) is 5.91 Å². The van der Waals surface area contributed by atoms with Gasteiger partial charge in [0.1, 0.15) is 5.75 Å². The van der Waals surface area contributed by atoms with Crippen LogP contribution in [0.1, 0.15) is 21.7 Å². The average molecular weight is 578 g/mol. The Balaban J connectivity index is 1.57. The summed E-state index contributed by atoms with van der Waals surface area (Å²) in [6.45, 7) is 2.00. The number of carbonyl (C=O) groups is 2.